The molecular formula is C13H19N3. The van der Waals surface area contributed by atoms with Gasteiger partial charge in [0.15, 0.2) is 5.96 Å². The minimum absolute atomic E-state index is 0.647. The molecule has 0 unspecified atom stereocenters. The lowest BCUT2D eigenvalue weighted by Gasteiger charge is -2.09. The summed E-state index contributed by atoms with van der Waals surface area (Å²) >= 11 is 0. The lowest BCUT2D eigenvalue weighted by atomic mass is 10.2. The van der Waals surface area contributed by atoms with E-state index in [2.05, 4.69) is 34.7 Å². The van der Waals surface area contributed by atoms with Gasteiger partial charge in [0.25, 0.3) is 0 Å². The van der Waals surface area contributed by atoms with Gasteiger partial charge < -0.3 is 10.6 Å². The summed E-state index contributed by atoms with van der Waals surface area (Å²) < 4.78 is 0. The number of nitrogens with zero attached hydrogens (tertiary/aromatic N) is 1. The number of hydrogen-bond acceptors (Lipinski definition) is 1. The summed E-state index contributed by atoms with van der Waals surface area (Å²) in [6.07, 6.45) is 2.55. The average molecular weight is 217 g/mol. The van der Waals surface area contributed by atoms with Crippen LogP contribution in [0.3, 0.4) is 0 Å². The maximum absolute atomic E-state index is 4.56. The lowest BCUT2D eigenvalue weighted by molar-refractivity contribution is 0.812. The number of rotatable bonds is 4. The van der Waals surface area contributed by atoms with Crippen LogP contribution in [0.1, 0.15) is 25.3 Å². The molecule has 1 aromatic carbocycles. The van der Waals surface area contributed by atoms with E-state index >= 15 is 0 Å². The minimum Gasteiger partial charge on any atom is -0.357 e. The predicted octanol–water partition coefficient (Wildman–Crippen LogP) is 1.90. The van der Waals surface area contributed by atoms with E-state index in [0.717, 1.165) is 19.0 Å². The van der Waals surface area contributed by atoms with Gasteiger partial charge in [-0.1, -0.05) is 30.3 Å². The van der Waals surface area contributed by atoms with Crippen LogP contribution < -0.4 is 10.6 Å². The van der Waals surface area contributed by atoms with Crippen molar-refractivity contribution < 1.29 is 0 Å². The standard InChI is InChI=1S/C13H19N3/c1-2-14-13(16-12-8-9-12)15-10-11-6-4-3-5-7-11/h3-7,12H,2,8-10H2,1H3,(H2,14,15,16). The molecule has 0 radical (unpaired) electrons. The van der Waals surface area contributed by atoms with Crippen molar-refractivity contribution in [3.8, 4) is 0 Å². The molecule has 1 aliphatic rings. The minimum atomic E-state index is 0.647. The van der Waals surface area contributed by atoms with Gasteiger partial charge in [-0.3, -0.25) is 0 Å². The Morgan fingerprint density at radius 2 is 2.06 bits per heavy atom. The highest BCUT2D eigenvalue weighted by Crippen LogP contribution is 2.18. The molecule has 0 aromatic heterocycles. The van der Waals surface area contributed by atoms with Gasteiger partial charge in [0.2, 0.25) is 0 Å². The third kappa shape index (κ3) is 3.57. The van der Waals surface area contributed by atoms with Crippen LogP contribution in [0.2, 0.25) is 0 Å². The molecule has 86 valence electrons. The summed E-state index contributed by atoms with van der Waals surface area (Å²) in [4.78, 5) is 4.56. The third-order valence-electron chi connectivity index (χ3n) is 2.52. The molecule has 16 heavy (non-hydrogen) atoms. The summed E-state index contributed by atoms with van der Waals surface area (Å²) in [5.74, 6) is 0.939. The molecule has 2 rings (SSSR count). The van der Waals surface area contributed by atoms with E-state index in [1.54, 1.807) is 0 Å². The molecule has 0 bridgehead atoms. The van der Waals surface area contributed by atoms with Crippen molar-refractivity contribution in [2.75, 3.05) is 6.54 Å². The smallest absolute Gasteiger partial charge is 0.191 e. The Morgan fingerprint density at radius 3 is 2.69 bits per heavy atom. The molecule has 0 spiro atoms. The van der Waals surface area contributed by atoms with Gasteiger partial charge in [-0.25, -0.2) is 4.99 Å². The predicted molar refractivity (Wildman–Crippen MR) is 67.4 cm³/mol. The SMILES string of the molecule is CCNC(=NCc1ccccc1)NC1CC1. The van der Waals surface area contributed by atoms with Gasteiger partial charge in [-0.15, -0.1) is 0 Å². The van der Waals surface area contributed by atoms with Gasteiger partial charge in [-0.2, -0.15) is 0 Å². The molecule has 2 N–H and O–H groups in total. The molecule has 0 atom stereocenters. The van der Waals surface area contributed by atoms with Crippen LogP contribution in [0, 0.1) is 0 Å². The van der Waals surface area contributed by atoms with Crippen molar-refractivity contribution in [2.24, 2.45) is 4.99 Å². The van der Waals surface area contributed by atoms with Crippen molar-refractivity contribution in [1.29, 1.82) is 0 Å². The first-order valence-electron chi connectivity index (χ1n) is 5.97. The van der Waals surface area contributed by atoms with E-state index in [0.29, 0.717) is 6.04 Å². The fourth-order valence-electron chi connectivity index (χ4n) is 1.49. The highest BCUT2D eigenvalue weighted by Gasteiger charge is 2.21. The maximum atomic E-state index is 4.56. The summed E-state index contributed by atoms with van der Waals surface area (Å²) in [7, 11) is 0. The van der Waals surface area contributed by atoms with Crippen LogP contribution in [0.5, 0.6) is 0 Å². The molecule has 0 amide bonds. The number of benzene rings is 1. The molecule has 1 aliphatic carbocycles. The Hall–Kier alpha value is -1.51. The van der Waals surface area contributed by atoms with Gasteiger partial charge in [0, 0.05) is 12.6 Å². The first-order valence-corrected chi connectivity index (χ1v) is 5.97. The first kappa shape index (κ1) is 11.0. The normalized spacial score (nSPS) is 15.9. The lowest BCUT2D eigenvalue weighted by Crippen LogP contribution is -2.38. The molecule has 3 heteroatoms. The van der Waals surface area contributed by atoms with Crippen LogP contribution in [0.25, 0.3) is 0 Å². The Morgan fingerprint density at radius 1 is 1.31 bits per heavy atom. The number of hydrogen-bond donors (Lipinski definition) is 2. The van der Waals surface area contributed by atoms with Crippen LogP contribution >= 0.6 is 0 Å². The first-order chi connectivity index (χ1) is 7.88. The van der Waals surface area contributed by atoms with E-state index in [9.17, 15) is 0 Å². The zero-order valence-electron chi connectivity index (χ0n) is 9.74. The second-order valence-electron chi connectivity index (χ2n) is 4.10. The molecule has 0 aliphatic heterocycles. The summed E-state index contributed by atoms with van der Waals surface area (Å²) in [6, 6.07) is 11.0. The number of guanidine groups is 1. The van der Waals surface area contributed by atoms with Crippen LogP contribution in [0.15, 0.2) is 35.3 Å². The molecule has 1 aromatic rings. The Kier molecular flexibility index (Phi) is 3.81. The van der Waals surface area contributed by atoms with Gasteiger partial charge >= 0.3 is 0 Å². The highest BCUT2D eigenvalue weighted by molar-refractivity contribution is 5.80. The van der Waals surface area contributed by atoms with Crippen LogP contribution in [-0.4, -0.2) is 18.5 Å². The van der Waals surface area contributed by atoms with E-state index in [1.807, 2.05) is 18.2 Å². The Balaban J connectivity index is 1.90. The second-order valence-corrected chi connectivity index (χ2v) is 4.10. The highest BCUT2D eigenvalue weighted by atomic mass is 15.2. The zero-order valence-corrected chi connectivity index (χ0v) is 9.74. The Bertz CT molecular complexity index is 341. The van der Waals surface area contributed by atoms with Crippen molar-refractivity contribution in [1.82, 2.24) is 10.6 Å². The average Bonchev–Trinajstić information content (AvgIpc) is 3.12. The molecule has 0 saturated heterocycles. The monoisotopic (exact) mass is 217 g/mol. The maximum Gasteiger partial charge on any atom is 0.191 e. The largest absolute Gasteiger partial charge is 0.357 e. The molecule has 3 nitrogen and oxygen atoms in total. The second kappa shape index (κ2) is 5.54. The molecule has 1 fully saturated rings. The van der Waals surface area contributed by atoms with Crippen molar-refractivity contribution in [2.45, 2.75) is 32.4 Å². The fourth-order valence-corrected chi connectivity index (χ4v) is 1.49. The van der Waals surface area contributed by atoms with E-state index in [4.69, 9.17) is 0 Å². The molecular weight excluding hydrogens is 198 g/mol. The zero-order chi connectivity index (χ0) is 11.2. The Labute approximate surface area is 97.0 Å². The van der Waals surface area contributed by atoms with Crippen LogP contribution in [0.4, 0.5) is 0 Å². The van der Waals surface area contributed by atoms with E-state index in [1.165, 1.54) is 18.4 Å². The van der Waals surface area contributed by atoms with Crippen molar-refractivity contribution in [3.05, 3.63) is 35.9 Å². The van der Waals surface area contributed by atoms with Crippen molar-refractivity contribution >= 4 is 5.96 Å². The number of nitrogens with one attached hydrogen (secondary N) is 2. The number of aliphatic imine (C=N–C) groups is 1. The molecule has 0 heterocycles. The van der Waals surface area contributed by atoms with Crippen LogP contribution in [-0.2, 0) is 6.54 Å². The fraction of sp³-hybridized carbons (Fsp3) is 0.462. The van der Waals surface area contributed by atoms with Gasteiger partial charge in [0.05, 0.1) is 6.54 Å². The molecule has 1 saturated carbocycles. The van der Waals surface area contributed by atoms with E-state index in [-0.39, 0.29) is 0 Å². The summed E-state index contributed by atoms with van der Waals surface area (Å²) in [5, 5.41) is 6.66. The summed E-state index contributed by atoms with van der Waals surface area (Å²) in [6.45, 7) is 3.74. The van der Waals surface area contributed by atoms with E-state index < -0.39 is 0 Å². The quantitative estimate of drug-likeness (QED) is 0.597. The summed E-state index contributed by atoms with van der Waals surface area (Å²) in [5.41, 5.74) is 1.25. The topological polar surface area (TPSA) is 36.4 Å². The van der Waals surface area contributed by atoms with Crippen molar-refractivity contribution in [3.63, 3.8) is 0 Å². The third-order valence-corrected chi connectivity index (χ3v) is 2.52. The van der Waals surface area contributed by atoms with Gasteiger partial charge in [0.1, 0.15) is 0 Å². The van der Waals surface area contributed by atoms with Gasteiger partial charge in [-0.05, 0) is 25.3 Å².